The largest absolute Gasteiger partial charge is 0.295 e. The molecule has 0 unspecified atom stereocenters. The van der Waals surface area contributed by atoms with E-state index in [1.54, 1.807) is 0 Å². The smallest absolute Gasteiger partial charge is 0.239 e. The van der Waals surface area contributed by atoms with Gasteiger partial charge in [-0.2, -0.15) is 9.97 Å². The number of fused-ring (bicyclic) bond motifs is 8. The fraction of sp³-hybridized carbons (Fsp3) is 0. The summed E-state index contributed by atoms with van der Waals surface area (Å²) in [6, 6.07) is 52.8. The van der Waals surface area contributed by atoms with Crippen LogP contribution in [0.2, 0.25) is 0 Å². The molecule has 5 heteroatoms. The molecular weight excluding hydrogens is 538 g/mol. The SMILES string of the molecule is c1ccc(-c2nc(-c3ccccc3)nc(N3c4cc5ccccc5cc4-c4ccccc4-n4c3cc3ccccc34)n2)cc1. The molecule has 1 aliphatic heterocycles. The van der Waals surface area contributed by atoms with Gasteiger partial charge < -0.3 is 0 Å². The van der Waals surface area contributed by atoms with Crippen LogP contribution in [0.4, 0.5) is 17.5 Å². The normalized spacial score (nSPS) is 12.0. The first-order valence-corrected chi connectivity index (χ1v) is 14.7. The Labute approximate surface area is 254 Å². The first-order valence-electron chi connectivity index (χ1n) is 14.7. The van der Waals surface area contributed by atoms with Crippen LogP contribution >= 0.6 is 0 Å². The van der Waals surface area contributed by atoms with E-state index in [0.717, 1.165) is 55.7 Å². The Kier molecular flexibility index (Phi) is 5.43. The van der Waals surface area contributed by atoms with E-state index in [4.69, 9.17) is 15.0 Å². The number of anilines is 3. The summed E-state index contributed by atoms with van der Waals surface area (Å²) in [5.41, 5.74) is 7.40. The Bertz CT molecular complexity index is 2280. The summed E-state index contributed by atoms with van der Waals surface area (Å²) < 4.78 is 2.34. The number of para-hydroxylation sites is 2. The summed E-state index contributed by atoms with van der Waals surface area (Å²) in [6.45, 7) is 0. The molecular formula is C39H25N5. The van der Waals surface area contributed by atoms with Crippen molar-refractivity contribution in [2.45, 2.75) is 0 Å². The molecule has 1 aliphatic rings. The fourth-order valence-electron chi connectivity index (χ4n) is 6.31. The van der Waals surface area contributed by atoms with Crippen LogP contribution in [-0.4, -0.2) is 19.5 Å². The predicted octanol–water partition coefficient (Wildman–Crippen LogP) is 9.75. The summed E-state index contributed by atoms with van der Waals surface area (Å²) in [4.78, 5) is 17.6. The van der Waals surface area contributed by atoms with Crippen molar-refractivity contribution in [1.29, 1.82) is 0 Å². The molecule has 9 rings (SSSR count). The molecule has 0 saturated carbocycles. The lowest BCUT2D eigenvalue weighted by Gasteiger charge is -2.25. The van der Waals surface area contributed by atoms with Gasteiger partial charge in [0, 0.05) is 27.6 Å². The van der Waals surface area contributed by atoms with Gasteiger partial charge in [0.05, 0.1) is 16.9 Å². The summed E-state index contributed by atoms with van der Waals surface area (Å²) in [7, 11) is 0. The Morgan fingerprint density at radius 2 is 0.977 bits per heavy atom. The van der Waals surface area contributed by atoms with Gasteiger partial charge in [-0.05, 0) is 41.1 Å². The first kappa shape index (κ1) is 24.5. The van der Waals surface area contributed by atoms with Gasteiger partial charge in [-0.25, -0.2) is 4.98 Å². The maximum atomic E-state index is 5.20. The number of hydrogen-bond donors (Lipinski definition) is 0. The van der Waals surface area contributed by atoms with Crippen molar-refractivity contribution < 1.29 is 0 Å². The van der Waals surface area contributed by atoms with Crippen molar-refractivity contribution in [1.82, 2.24) is 19.5 Å². The molecule has 2 aromatic heterocycles. The van der Waals surface area contributed by atoms with Crippen LogP contribution < -0.4 is 4.90 Å². The first-order chi connectivity index (χ1) is 21.8. The standard InChI is InChI=1S/C39H25N5/c1-3-13-26(14-4-1)37-40-38(27-15-5-2-6-16-27)42-39(41-37)44-35-24-29-18-8-7-17-28(29)23-32(35)31-20-10-12-22-34(31)43-33-21-11-9-19-30(33)25-36(43)44/h1-25H. The van der Waals surface area contributed by atoms with Crippen LogP contribution in [-0.2, 0) is 0 Å². The van der Waals surface area contributed by atoms with Gasteiger partial charge in [-0.3, -0.25) is 9.47 Å². The van der Waals surface area contributed by atoms with E-state index in [2.05, 4.69) is 100 Å². The molecule has 5 nitrogen and oxygen atoms in total. The average Bonchev–Trinajstić information content (AvgIpc) is 3.42. The van der Waals surface area contributed by atoms with E-state index < -0.39 is 0 Å². The molecule has 0 saturated heterocycles. The van der Waals surface area contributed by atoms with Crippen LogP contribution in [0.5, 0.6) is 0 Å². The highest BCUT2D eigenvalue weighted by molar-refractivity contribution is 6.03. The van der Waals surface area contributed by atoms with Crippen LogP contribution in [0.15, 0.2) is 152 Å². The van der Waals surface area contributed by atoms with Gasteiger partial charge in [-0.15, -0.1) is 0 Å². The highest BCUT2D eigenvalue weighted by Crippen LogP contribution is 2.49. The zero-order valence-electron chi connectivity index (χ0n) is 23.7. The Morgan fingerprint density at radius 1 is 0.409 bits per heavy atom. The lowest BCUT2D eigenvalue weighted by Crippen LogP contribution is -2.17. The van der Waals surface area contributed by atoms with Gasteiger partial charge >= 0.3 is 0 Å². The maximum absolute atomic E-state index is 5.20. The van der Waals surface area contributed by atoms with E-state index in [1.807, 2.05) is 60.7 Å². The van der Waals surface area contributed by atoms with Crippen molar-refractivity contribution in [2.75, 3.05) is 4.90 Å². The second-order valence-corrected chi connectivity index (χ2v) is 11.0. The van der Waals surface area contributed by atoms with Crippen molar-refractivity contribution in [3.8, 4) is 39.6 Å². The number of hydrogen-bond acceptors (Lipinski definition) is 4. The maximum Gasteiger partial charge on any atom is 0.239 e. The topological polar surface area (TPSA) is 46.8 Å². The van der Waals surface area contributed by atoms with Crippen molar-refractivity contribution in [3.05, 3.63) is 152 Å². The lowest BCUT2D eigenvalue weighted by molar-refractivity contribution is 0.995. The molecule has 0 amide bonds. The van der Waals surface area contributed by atoms with Crippen LogP contribution in [0.1, 0.15) is 0 Å². The van der Waals surface area contributed by atoms with Gasteiger partial charge in [0.25, 0.3) is 0 Å². The van der Waals surface area contributed by atoms with Crippen LogP contribution in [0.3, 0.4) is 0 Å². The summed E-state index contributed by atoms with van der Waals surface area (Å²) >= 11 is 0. The highest BCUT2D eigenvalue weighted by atomic mass is 15.3. The number of aromatic nitrogens is 4. The highest BCUT2D eigenvalue weighted by Gasteiger charge is 2.30. The second-order valence-electron chi connectivity index (χ2n) is 11.0. The monoisotopic (exact) mass is 563 g/mol. The third kappa shape index (κ3) is 3.83. The minimum Gasteiger partial charge on any atom is -0.295 e. The number of rotatable bonds is 3. The molecule has 8 aromatic rings. The van der Waals surface area contributed by atoms with Crippen LogP contribution in [0, 0.1) is 0 Å². The third-order valence-corrected chi connectivity index (χ3v) is 8.35. The Hall–Kier alpha value is -6.07. The quantitative estimate of drug-likeness (QED) is 0.215. The van der Waals surface area contributed by atoms with Crippen molar-refractivity contribution >= 4 is 39.1 Å². The molecule has 0 bridgehead atoms. The zero-order valence-corrected chi connectivity index (χ0v) is 23.7. The van der Waals surface area contributed by atoms with Gasteiger partial charge in [0.2, 0.25) is 5.95 Å². The van der Waals surface area contributed by atoms with E-state index in [1.165, 1.54) is 5.39 Å². The molecule has 6 aromatic carbocycles. The summed E-state index contributed by atoms with van der Waals surface area (Å²) in [6.07, 6.45) is 0. The van der Waals surface area contributed by atoms with Gasteiger partial charge in [0.15, 0.2) is 11.6 Å². The predicted molar refractivity (Wildman–Crippen MR) is 179 cm³/mol. The summed E-state index contributed by atoms with van der Waals surface area (Å²) in [5.74, 6) is 2.78. The number of nitrogens with zero attached hydrogens (tertiary/aromatic N) is 5. The average molecular weight is 564 g/mol. The van der Waals surface area contributed by atoms with Crippen molar-refractivity contribution in [2.24, 2.45) is 0 Å². The molecule has 0 radical (unpaired) electrons. The zero-order chi connectivity index (χ0) is 29.0. The van der Waals surface area contributed by atoms with E-state index in [-0.39, 0.29) is 0 Å². The third-order valence-electron chi connectivity index (χ3n) is 8.35. The Balaban J connectivity index is 1.42. The molecule has 0 spiro atoms. The molecule has 44 heavy (non-hydrogen) atoms. The molecule has 206 valence electrons. The van der Waals surface area contributed by atoms with Crippen LogP contribution in [0.25, 0.3) is 61.3 Å². The van der Waals surface area contributed by atoms with Gasteiger partial charge in [-0.1, -0.05) is 121 Å². The molecule has 0 aliphatic carbocycles. The van der Waals surface area contributed by atoms with Crippen molar-refractivity contribution in [3.63, 3.8) is 0 Å². The Morgan fingerprint density at radius 3 is 1.68 bits per heavy atom. The summed E-state index contributed by atoms with van der Waals surface area (Å²) in [5, 5.41) is 3.48. The fourth-order valence-corrected chi connectivity index (χ4v) is 6.31. The van der Waals surface area contributed by atoms with Gasteiger partial charge in [0.1, 0.15) is 5.82 Å². The molecule has 0 fully saturated rings. The minimum absolute atomic E-state index is 0.561. The molecule has 3 heterocycles. The molecule has 0 N–H and O–H groups in total. The second kappa shape index (κ2) is 9.75. The molecule has 0 atom stereocenters. The van der Waals surface area contributed by atoms with E-state index >= 15 is 0 Å². The minimum atomic E-state index is 0.561. The van der Waals surface area contributed by atoms with E-state index in [9.17, 15) is 0 Å². The van der Waals surface area contributed by atoms with E-state index in [0.29, 0.717) is 17.6 Å². The number of benzene rings is 6. The lowest BCUT2D eigenvalue weighted by atomic mass is 9.97.